The molecule has 1 N–H and O–H groups in total. The molecule has 0 aliphatic heterocycles. The lowest BCUT2D eigenvalue weighted by Gasteiger charge is -2.02. The zero-order chi connectivity index (χ0) is 11.8. The first-order valence-electron chi connectivity index (χ1n) is 5.70. The highest BCUT2D eigenvalue weighted by molar-refractivity contribution is 9.09. The molecule has 0 spiro atoms. The van der Waals surface area contributed by atoms with Crippen LogP contribution in [0.1, 0.15) is 42.5 Å². The van der Waals surface area contributed by atoms with Gasteiger partial charge in [-0.3, -0.25) is 4.79 Å². The van der Waals surface area contributed by atoms with Crippen molar-refractivity contribution in [3.05, 3.63) is 23.7 Å². The summed E-state index contributed by atoms with van der Waals surface area (Å²) in [6.45, 7) is 2.72. The predicted molar refractivity (Wildman–Crippen MR) is 68.1 cm³/mol. The van der Waals surface area contributed by atoms with Gasteiger partial charge in [0.2, 0.25) is 0 Å². The molecular formula is C12H18BrNO2. The van der Waals surface area contributed by atoms with Crippen LogP contribution in [0.25, 0.3) is 0 Å². The highest BCUT2D eigenvalue weighted by Gasteiger charge is 2.09. The van der Waals surface area contributed by atoms with Crippen LogP contribution in [-0.4, -0.2) is 17.8 Å². The molecule has 3 nitrogen and oxygen atoms in total. The Hall–Kier alpha value is -0.770. The summed E-state index contributed by atoms with van der Waals surface area (Å²) in [6, 6.07) is 3.58. The minimum atomic E-state index is -0.112. The fraction of sp³-hybridized carbons (Fsp3) is 0.583. The van der Waals surface area contributed by atoms with Crippen LogP contribution in [0.2, 0.25) is 0 Å². The third-order valence-electron chi connectivity index (χ3n) is 2.33. The van der Waals surface area contributed by atoms with Gasteiger partial charge in [0.1, 0.15) is 5.76 Å². The Bertz CT molecular complexity index is 323. The molecule has 16 heavy (non-hydrogen) atoms. The Balaban J connectivity index is 2.24. The van der Waals surface area contributed by atoms with Crippen molar-refractivity contribution in [2.45, 2.75) is 32.6 Å². The van der Waals surface area contributed by atoms with Crippen molar-refractivity contribution in [2.24, 2.45) is 0 Å². The van der Waals surface area contributed by atoms with E-state index in [9.17, 15) is 4.79 Å². The third kappa shape index (κ3) is 4.39. The number of carbonyl (C=O) groups is 1. The summed E-state index contributed by atoms with van der Waals surface area (Å²) in [6.07, 6.45) is 4.11. The van der Waals surface area contributed by atoms with Crippen molar-refractivity contribution < 1.29 is 9.21 Å². The zero-order valence-electron chi connectivity index (χ0n) is 9.59. The highest BCUT2D eigenvalue weighted by Crippen LogP contribution is 2.08. The van der Waals surface area contributed by atoms with E-state index in [1.165, 1.54) is 0 Å². The lowest BCUT2D eigenvalue weighted by Crippen LogP contribution is -2.23. The van der Waals surface area contributed by atoms with E-state index in [4.69, 9.17) is 4.42 Å². The number of halogens is 1. The first-order valence-corrected chi connectivity index (χ1v) is 6.83. The van der Waals surface area contributed by atoms with Crippen LogP contribution in [0.5, 0.6) is 0 Å². The minimum absolute atomic E-state index is 0.112. The number of hydrogen-bond acceptors (Lipinski definition) is 2. The Morgan fingerprint density at radius 1 is 1.38 bits per heavy atom. The van der Waals surface area contributed by atoms with Crippen LogP contribution in [0.3, 0.4) is 0 Å². The van der Waals surface area contributed by atoms with Crippen LogP contribution < -0.4 is 5.32 Å². The number of aryl methyl sites for hydroxylation is 1. The van der Waals surface area contributed by atoms with Crippen LogP contribution in [0.15, 0.2) is 16.5 Å². The Morgan fingerprint density at radius 3 is 2.81 bits per heavy atom. The molecule has 0 aliphatic carbocycles. The molecule has 0 saturated heterocycles. The molecule has 1 amide bonds. The number of hydrogen-bond donors (Lipinski definition) is 1. The van der Waals surface area contributed by atoms with Gasteiger partial charge in [-0.15, -0.1) is 0 Å². The molecule has 0 fully saturated rings. The van der Waals surface area contributed by atoms with Gasteiger partial charge in [-0.05, 0) is 25.0 Å². The highest BCUT2D eigenvalue weighted by atomic mass is 79.9. The molecule has 0 unspecified atom stereocenters. The van der Waals surface area contributed by atoms with Crippen molar-refractivity contribution in [1.82, 2.24) is 5.32 Å². The average molecular weight is 288 g/mol. The molecular weight excluding hydrogens is 270 g/mol. The normalized spacial score (nSPS) is 10.4. The summed E-state index contributed by atoms with van der Waals surface area (Å²) in [5, 5.41) is 3.87. The molecule has 1 aromatic rings. The molecule has 0 saturated carbocycles. The molecule has 0 atom stereocenters. The van der Waals surface area contributed by atoms with Crippen molar-refractivity contribution in [2.75, 3.05) is 11.9 Å². The Labute approximate surface area is 105 Å². The van der Waals surface area contributed by atoms with E-state index in [0.29, 0.717) is 12.3 Å². The van der Waals surface area contributed by atoms with Gasteiger partial charge in [-0.25, -0.2) is 0 Å². The summed E-state index contributed by atoms with van der Waals surface area (Å²) in [4.78, 5) is 11.6. The maximum atomic E-state index is 11.6. The summed E-state index contributed by atoms with van der Waals surface area (Å²) in [5.41, 5.74) is 0. The summed E-state index contributed by atoms with van der Waals surface area (Å²) >= 11 is 3.38. The topological polar surface area (TPSA) is 42.2 Å². The molecule has 90 valence electrons. The third-order valence-corrected chi connectivity index (χ3v) is 2.89. The van der Waals surface area contributed by atoms with E-state index < -0.39 is 0 Å². The molecule has 0 aromatic carbocycles. The van der Waals surface area contributed by atoms with Gasteiger partial charge in [0, 0.05) is 18.3 Å². The lowest BCUT2D eigenvalue weighted by molar-refractivity contribution is 0.0923. The van der Waals surface area contributed by atoms with Crippen LogP contribution >= 0.6 is 15.9 Å². The van der Waals surface area contributed by atoms with Crippen LogP contribution in [-0.2, 0) is 6.42 Å². The smallest absolute Gasteiger partial charge is 0.286 e. The van der Waals surface area contributed by atoms with E-state index in [2.05, 4.69) is 21.2 Å². The van der Waals surface area contributed by atoms with Crippen molar-refractivity contribution in [1.29, 1.82) is 0 Å². The Kier molecular flexibility index (Phi) is 6.23. The number of furan rings is 1. The number of rotatable bonds is 7. The van der Waals surface area contributed by atoms with E-state index in [1.54, 1.807) is 6.07 Å². The molecule has 1 heterocycles. The molecule has 4 heteroatoms. The van der Waals surface area contributed by atoms with E-state index in [0.717, 1.165) is 36.8 Å². The standard InChI is InChI=1S/C12H18BrNO2/c1-2-10-6-7-11(16-10)12(15)14-9-5-3-4-8-13/h6-7H,2-5,8-9H2,1H3,(H,14,15). The maximum Gasteiger partial charge on any atom is 0.286 e. The van der Waals surface area contributed by atoms with Gasteiger partial charge >= 0.3 is 0 Å². The van der Waals surface area contributed by atoms with Crippen molar-refractivity contribution in [3.8, 4) is 0 Å². The zero-order valence-corrected chi connectivity index (χ0v) is 11.2. The van der Waals surface area contributed by atoms with Crippen LogP contribution in [0.4, 0.5) is 0 Å². The predicted octanol–water partition coefficient (Wildman–Crippen LogP) is 3.14. The second kappa shape index (κ2) is 7.49. The summed E-state index contributed by atoms with van der Waals surface area (Å²) in [5.74, 6) is 1.15. The average Bonchev–Trinajstić information content (AvgIpc) is 2.77. The van der Waals surface area contributed by atoms with Gasteiger partial charge in [0.25, 0.3) is 5.91 Å². The van der Waals surface area contributed by atoms with E-state index in [-0.39, 0.29) is 5.91 Å². The van der Waals surface area contributed by atoms with Gasteiger partial charge in [-0.2, -0.15) is 0 Å². The number of nitrogens with one attached hydrogen (secondary N) is 1. The maximum absolute atomic E-state index is 11.6. The van der Waals surface area contributed by atoms with Crippen molar-refractivity contribution >= 4 is 21.8 Å². The fourth-order valence-electron chi connectivity index (χ4n) is 1.38. The first kappa shape index (κ1) is 13.3. The van der Waals surface area contributed by atoms with Gasteiger partial charge in [-0.1, -0.05) is 29.3 Å². The summed E-state index contributed by atoms with van der Waals surface area (Å²) in [7, 11) is 0. The monoisotopic (exact) mass is 287 g/mol. The number of alkyl halides is 1. The van der Waals surface area contributed by atoms with E-state index in [1.807, 2.05) is 13.0 Å². The Morgan fingerprint density at radius 2 is 2.19 bits per heavy atom. The minimum Gasteiger partial charge on any atom is -0.456 e. The second-order valence-corrected chi connectivity index (χ2v) is 4.42. The van der Waals surface area contributed by atoms with Crippen molar-refractivity contribution in [3.63, 3.8) is 0 Å². The summed E-state index contributed by atoms with van der Waals surface area (Å²) < 4.78 is 5.35. The van der Waals surface area contributed by atoms with Gasteiger partial charge in [0.15, 0.2) is 5.76 Å². The molecule has 1 aromatic heterocycles. The fourth-order valence-corrected chi connectivity index (χ4v) is 1.77. The molecule has 1 rings (SSSR count). The number of unbranched alkanes of at least 4 members (excludes halogenated alkanes) is 2. The first-order chi connectivity index (χ1) is 7.77. The SMILES string of the molecule is CCc1ccc(C(=O)NCCCCCBr)o1. The van der Waals surface area contributed by atoms with Gasteiger partial charge < -0.3 is 9.73 Å². The largest absolute Gasteiger partial charge is 0.456 e. The lowest BCUT2D eigenvalue weighted by atomic mass is 10.2. The van der Waals surface area contributed by atoms with E-state index >= 15 is 0 Å². The quantitative estimate of drug-likeness (QED) is 0.618. The second-order valence-electron chi connectivity index (χ2n) is 3.63. The number of amides is 1. The van der Waals surface area contributed by atoms with Crippen LogP contribution in [0, 0.1) is 0 Å². The molecule has 0 radical (unpaired) electrons. The van der Waals surface area contributed by atoms with Gasteiger partial charge in [0.05, 0.1) is 0 Å². The molecule has 0 aliphatic rings. The number of carbonyl (C=O) groups excluding carboxylic acids is 1. The molecule has 0 bridgehead atoms.